The van der Waals surface area contributed by atoms with Gasteiger partial charge in [-0.05, 0) is 74.8 Å². The number of benzene rings is 1. The van der Waals surface area contributed by atoms with Crippen molar-refractivity contribution in [1.82, 2.24) is 5.01 Å². The molecule has 2 N–H and O–H groups in total. The number of hydrogen-bond donors (Lipinski definition) is 1. The number of carbonyl (C=O) groups excluding carboxylic acids is 1. The summed E-state index contributed by atoms with van der Waals surface area (Å²) < 4.78 is 0. The lowest BCUT2D eigenvalue weighted by atomic mass is 9.91. The van der Waals surface area contributed by atoms with Crippen LogP contribution in [0.3, 0.4) is 0 Å². The van der Waals surface area contributed by atoms with Crippen molar-refractivity contribution in [2.45, 2.75) is 53.4 Å². The first-order valence-electron chi connectivity index (χ1n) is 6.92. The molecule has 0 atom stereocenters. The van der Waals surface area contributed by atoms with Gasteiger partial charge in [0.15, 0.2) is 0 Å². The van der Waals surface area contributed by atoms with Crippen LogP contribution in [0.1, 0.15) is 47.1 Å². The Balaban J connectivity index is 2.61. The molecule has 0 aliphatic carbocycles. The summed E-state index contributed by atoms with van der Waals surface area (Å²) in [5.74, 6) is 5.41. The third kappa shape index (κ3) is 4.06. The zero-order valence-electron chi connectivity index (χ0n) is 12.8. The minimum atomic E-state index is 0.00821. The van der Waals surface area contributed by atoms with Crippen molar-refractivity contribution < 1.29 is 4.79 Å². The minimum Gasteiger partial charge on any atom is -0.284 e. The lowest BCUT2D eigenvalue weighted by molar-refractivity contribution is -0.130. The van der Waals surface area contributed by atoms with E-state index in [0.717, 1.165) is 19.3 Å². The predicted molar refractivity (Wildman–Crippen MR) is 79.9 cm³/mol. The molecule has 0 fully saturated rings. The molecule has 0 aromatic heterocycles. The Morgan fingerprint density at radius 2 is 1.63 bits per heavy atom. The summed E-state index contributed by atoms with van der Waals surface area (Å²) in [4.78, 5) is 11.4. The fourth-order valence-electron chi connectivity index (χ4n) is 2.43. The van der Waals surface area contributed by atoms with Crippen LogP contribution in [0, 0.1) is 27.7 Å². The number of nitrogens with zero attached hydrogens (tertiary/aromatic N) is 1. The van der Waals surface area contributed by atoms with Crippen LogP contribution in [0.15, 0.2) is 6.07 Å². The molecular formula is C16H26N2O. The van der Waals surface area contributed by atoms with Crippen LogP contribution >= 0.6 is 0 Å². The molecule has 3 heteroatoms. The van der Waals surface area contributed by atoms with Gasteiger partial charge in [-0.25, -0.2) is 5.84 Å². The number of carbonyl (C=O) groups is 1. The zero-order valence-corrected chi connectivity index (χ0v) is 12.8. The molecule has 0 aliphatic heterocycles. The number of unbranched alkanes of at least 4 members (excludes halogenated alkanes) is 1. The second kappa shape index (κ2) is 6.71. The predicted octanol–water partition coefficient (Wildman–Crippen LogP) is 2.97. The quantitative estimate of drug-likeness (QED) is 0.384. The van der Waals surface area contributed by atoms with Gasteiger partial charge in [-0.1, -0.05) is 6.07 Å². The van der Waals surface area contributed by atoms with Gasteiger partial charge in [-0.3, -0.25) is 9.80 Å². The van der Waals surface area contributed by atoms with Crippen molar-refractivity contribution in [2.75, 3.05) is 7.05 Å². The Kier molecular flexibility index (Phi) is 5.55. The highest BCUT2D eigenvalue weighted by atomic mass is 16.2. The molecule has 106 valence electrons. The SMILES string of the molecule is Cc1cc(C)c(C)c(CCCCC(=O)N(C)N)c1C. The third-order valence-corrected chi connectivity index (χ3v) is 3.98. The number of hydrogen-bond acceptors (Lipinski definition) is 2. The summed E-state index contributed by atoms with van der Waals surface area (Å²) >= 11 is 0. The largest absolute Gasteiger partial charge is 0.284 e. The first-order valence-corrected chi connectivity index (χ1v) is 6.92. The number of nitrogens with two attached hydrogens (primary N) is 1. The third-order valence-electron chi connectivity index (χ3n) is 3.98. The highest BCUT2D eigenvalue weighted by Crippen LogP contribution is 2.23. The van der Waals surface area contributed by atoms with Crippen molar-refractivity contribution >= 4 is 5.91 Å². The number of amides is 1. The maximum absolute atomic E-state index is 11.4. The molecule has 19 heavy (non-hydrogen) atoms. The summed E-state index contributed by atoms with van der Waals surface area (Å²) in [7, 11) is 1.60. The molecule has 0 aliphatic rings. The smallest absolute Gasteiger partial charge is 0.236 e. The Labute approximate surface area is 116 Å². The van der Waals surface area contributed by atoms with Crippen molar-refractivity contribution in [3.8, 4) is 0 Å². The molecule has 1 amide bonds. The van der Waals surface area contributed by atoms with Crippen LogP contribution in [0.2, 0.25) is 0 Å². The topological polar surface area (TPSA) is 46.3 Å². The number of rotatable bonds is 5. The van der Waals surface area contributed by atoms with E-state index >= 15 is 0 Å². The Hall–Kier alpha value is -1.35. The fourth-order valence-corrected chi connectivity index (χ4v) is 2.43. The molecule has 1 rings (SSSR count). The molecule has 1 aromatic rings. The van der Waals surface area contributed by atoms with Crippen LogP contribution in [-0.4, -0.2) is 18.0 Å². The van der Waals surface area contributed by atoms with E-state index in [9.17, 15) is 4.79 Å². The Bertz CT molecular complexity index is 438. The summed E-state index contributed by atoms with van der Waals surface area (Å²) in [6.07, 6.45) is 3.51. The van der Waals surface area contributed by atoms with Gasteiger partial charge in [0.2, 0.25) is 5.91 Å². The van der Waals surface area contributed by atoms with Gasteiger partial charge in [-0.15, -0.1) is 0 Å². The molecule has 0 bridgehead atoms. The second-order valence-electron chi connectivity index (χ2n) is 5.45. The minimum absolute atomic E-state index is 0.00821. The summed E-state index contributed by atoms with van der Waals surface area (Å²) in [6.45, 7) is 8.71. The maximum atomic E-state index is 11.4. The van der Waals surface area contributed by atoms with Crippen molar-refractivity contribution in [3.63, 3.8) is 0 Å². The normalized spacial score (nSPS) is 10.6. The van der Waals surface area contributed by atoms with E-state index in [1.165, 1.54) is 32.8 Å². The van der Waals surface area contributed by atoms with Crippen LogP contribution < -0.4 is 5.84 Å². The lowest BCUT2D eigenvalue weighted by Crippen LogP contribution is -2.32. The molecular weight excluding hydrogens is 236 g/mol. The average molecular weight is 262 g/mol. The van der Waals surface area contributed by atoms with Gasteiger partial charge in [0.1, 0.15) is 0 Å². The van der Waals surface area contributed by atoms with E-state index in [0.29, 0.717) is 6.42 Å². The van der Waals surface area contributed by atoms with E-state index in [1.807, 2.05) is 0 Å². The van der Waals surface area contributed by atoms with E-state index in [4.69, 9.17) is 5.84 Å². The van der Waals surface area contributed by atoms with Crippen LogP contribution in [-0.2, 0) is 11.2 Å². The van der Waals surface area contributed by atoms with Gasteiger partial charge < -0.3 is 0 Å². The zero-order chi connectivity index (χ0) is 14.6. The second-order valence-corrected chi connectivity index (χ2v) is 5.45. The Morgan fingerprint density at radius 3 is 2.11 bits per heavy atom. The number of hydrazine groups is 1. The summed E-state index contributed by atoms with van der Waals surface area (Å²) in [5.41, 5.74) is 6.95. The average Bonchev–Trinajstić information content (AvgIpc) is 2.35. The molecule has 1 aromatic carbocycles. The van der Waals surface area contributed by atoms with Crippen molar-refractivity contribution in [3.05, 3.63) is 33.9 Å². The standard InChI is InChI=1S/C16H26N2O/c1-11-10-12(2)14(4)15(13(11)3)8-6-7-9-16(19)18(5)17/h10H,6-9,17H2,1-5H3. The summed E-state index contributed by atoms with van der Waals surface area (Å²) in [6, 6.07) is 2.25. The van der Waals surface area contributed by atoms with Crippen LogP contribution in [0.25, 0.3) is 0 Å². The molecule has 0 spiro atoms. The lowest BCUT2D eigenvalue weighted by Gasteiger charge is -2.15. The molecule has 3 nitrogen and oxygen atoms in total. The molecule has 0 saturated heterocycles. The van der Waals surface area contributed by atoms with Gasteiger partial charge in [-0.2, -0.15) is 0 Å². The van der Waals surface area contributed by atoms with Gasteiger partial charge in [0, 0.05) is 13.5 Å². The first kappa shape index (κ1) is 15.7. The van der Waals surface area contributed by atoms with E-state index in [1.54, 1.807) is 7.05 Å². The van der Waals surface area contributed by atoms with E-state index in [2.05, 4.69) is 33.8 Å². The van der Waals surface area contributed by atoms with Crippen LogP contribution in [0.5, 0.6) is 0 Å². The summed E-state index contributed by atoms with van der Waals surface area (Å²) in [5, 5.41) is 1.17. The van der Waals surface area contributed by atoms with Gasteiger partial charge >= 0.3 is 0 Å². The molecule has 0 heterocycles. The molecule has 0 unspecified atom stereocenters. The maximum Gasteiger partial charge on any atom is 0.236 e. The number of aryl methyl sites for hydroxylation is 2. The highest BCUT2D eigenvalue weighted by molar-refractivity contribution is 5.75. The fraction of sp³-hybridized carbons (Fsp3) is 0.562. The molecule has 0 radical (unpaired) electrons. The van der Waals surface area contributed by atoms with Crippen molar-refractivity contribution in [2.24, 2.45) is 5.84 Å². The van der Waals surface area contributed by atoms with Crippen LogP contribution in [0.4, 0.5) is 0 Å². The van der Waals surface area contributed by atoms with E-state index in [-0.39, 0.29) is 5.91 Å². The van der Waals surface area contributed by atoms with Crippen molar-refractivity contribution in [1.29, 1.82) is 0 Å². The first-order chi connectivity index (χ1) is 8.84. The Morgan fingerprint density at radius 1 is 1.11 bits per heavy atom. The monoisotopic (exact) mass is 262 g/mol. The van der Waals surface area contributed by atoms with Gasteiger partial charge in [0.25, 0.3) is 0 Å². The molecule has 0 saturated carbocycles. The van der Waals surface area contributed by atoms with Gasteiger partial charge in [0.05, 0.1) is 0 Å². The highest BCUT2D eigenvalue weighted by Gasteiger charge is 2.09. The van der Waals surface area contributed by atoms with E-state index < -0.39 is 0 Å².